The van der Waals surface area contributed by atoms with Gasteiger partial charge in [-0.05, 0) is 19.8 Å². The average Bonchev–Trinajstić information content (AvgIpc) is 2.13. The standard InChI is InChI=1S/C11H20O3/c1-4-6-7-8-9-10(3)14-11(12)13-5-2/h5,10H,2,4,6-9H2,1,3H3. The molecule has 3 nitrogen and oxygen atoms in total. The summed E-state index contributed by atoms with van der Waals surface area (Å²) in [6.45, 7) is 7.31. The van der Waals surface area contributed by atoms with Gasteiger partial charge in [0.2, 0.25) is 0 Å². The molecule has 0 aliphatic rings. The highest BCUT2D eigenvalue weighted by atomic mass is 16.7. The van der Waals surface area contributed by atoms with Crippen molar-refractivity contribution in [2.45, 2.75) is 52.1 Å². The number of unbranched alkanes of at least 4 members (excludes halogenated alkanes) is 3. The molecule has 82 valence electrons. The van der Waals surface area contributed by atoms with Crippen LogP contribution in [0.5, 0.6) is 0 Å². The molecule has 3 heteroatoms. The minimum Gasteiger partial charge on any atom is -0.431 e. The van der Waals surface area contributed by atoms with Gasteiger partial charge in [0.05, 0.1) is 6.26 Å². The Balaban J connectivity index is 3.39. The first-order valence-corrected chi connectivity index (χ1v) is 5.18. The van der Waals surface area contributed by atoms with Crippen molar-refractivity contribution >= 4 is 6.16 Å². The van der Waals surface area contributed by atoms with Crippen molar-refractivity contribution in [3.63, 3.8) is 0 Å². The van der Waals surface area contributed by atoms with Crippen LogP contribution in [-0.2, 0) is 9.47 Å². The van der Waals surface area contributed by atoms with Gasteiger partial charge in [-0.2, -0.15) is 0 Å². The fourth-order valence-electron chi connectivity index (χ4n) is 1.18. The first-order valence-electron chi connectivity index (χ1n) is 5.18. The van der Waals surface area contributed by atoms with Crippen molar-refractivity contribution in [3.05, 3.63) is 12.8 Å². The Bertz CT molecular complexity index is 166. The Morgan fingerprint density at radius 3 is 2.71 bits per heavy atom. The molecule has 0 spiro atoms. The second kappa shape index (κ2) is 8.60. The Morgan fingerprint density at radius 1 is 1.43 bits per heavy atom. The lowest BCUT2D eigenvalue weighted by atomic mass is 10.1. The van der Waals surface area contributed by atoms with E-state index in [1.165, 1.54) is 19.3 Å². The van der Waals surface area contributed by atoms with Gasteiger partial charge in [0.1, 0.15) is 6.10 Å². The maximum absolute atomic E-state index is 10.8. The zero-order valence-electron chi connectivity index (χ0n) is 9.12. The third kappa shape index (κ3) is 7.65. The maximum atomic E-state index is 10.8. The molecule has 1 unspecified atom stereocenters. The second-order valence-electron chi connectivity index (χ2n) is 3.31. The average molecular weight is 200 g/mol. The molecule has 0 saturated carbocycles. The monoisotopic (exact) mass is 200 g/mol. The van der Waals surface area contributed by atoms with E-state index in [2.05, 4.69) is 18.2 Å². The smallest absolute Gasteiger partial charge is 0.431 e. The fourth-order valence-corrected chi connectivity index (χ4v) is 1.18. The van der Waals surface area contributed by atoms with Gasteiger partial charge >= 0.3 is 6.16 Å². The van der Waals surface area contributed by atoms with Crippen molar-refractivity contribution in [3.8, 4) is 0 Å². The van der Waals surface area contributed by atoms with Gasteiger partial charge in [0, 0.05) is 0 Å². The van der Waals surface area contributed by atoms with E-state index >= 15 is 0 Å². The van der Waals surface area contributed by atoms with Crippen LogP contribution in [0.15, 0.2) is 12.8 Å². The number of carbonyl (C=O) groups excluding carboxylic acids is 1. The molecular formula is C11H20O3. The van der Waals surface area contributed by atoms with Crippen LogP contribution in [0, 0.1) is 0 Å². The van der Waals surface area contributed by atoms with Crippen LogP contribution in [0.4, 0.5) is 4.79 Å². The number of carbonyl (C=O) groups is 1. The molecular weight excluding hydrogens is 180 g/mol. The molecule has 0 rings (SSSR count). The molecule has 0 saturated heterocycles. The van der Waals surface area contributed by atoms with Crippen molar-refractivity contribution in [1.29, 1.82) is 0 Å². The predicted octanol–water partition coefficient (Wildman–Crippen LogP) is 3.64. The summed E-state index contributed by atoms with van der Waals surface area (Å²) in [4.78, 5) is 10.8. The lowest BCUT2D eigenvalue weighted by Gasteiger charge is -2.11. The molecule has 0 aromatic carbocycles. The molecule has 14 heavy (non-hydrogen) atoms. The van der Waals surface area contributed by atoms with Crippen LogP contribution in [0.2, 0.25) is 0 Å². The topological polar surface area (TPSA) is 35.5 Å². The van der Waals surface area contributed by atoms with Gasteiger partial charge in [0.15, 0.2) is 0 Å². The lowest BCUT2D eigenvalue weighted by Crippen LogP contribution is -2.14. The van der Waals surface area contributed by atoms with Gasteiger partial charge in [-0.3, -0.25) is 0 Å². The molecule has 0 heterocycles. The van der Waals surface area contributed by atoms with Crippen LogP contribution >= 0.6 is 0 Å². The highest BCUT2D eigenvalue weighted by molar-refractivity contribution is 5.60. The van der Waals surface area contributed by atoms with Crippen molar-refractivity contribution in [2.75, 3.05) is 0 Å². The Morgan fingerprint density at radius 2 is 2.14 bits per heavy atom. The van der Waals surface area contributed by atoms with E-state index in [-0.39, 0.29) is 6.10 Å². The van der Waals surface area contributed by atoms with E-state index in [0.717, 1.165) is 19.1 Å². The van der Waals surface area contributed by atoms with Gasteiger partial charge in [0.25, 0.3) is 0 Å². The molecule has 0 radical (unpaired) electrons. The summed E-state index contributed by atoms with van der Waals surface area (Å²) in [6, 6.07) is 0. The third-order valence-electron chi connectivity index (χ3n) is 1.94. The molecule has 0 bridgehead atoms. The van der Waals surface area contributed by atoms with E-state index in [4.69, 9.17) is 4.74 Å². The summed E-state index contributed by atoms with van der Waals surface area (Å²) in [5, 5.41) is 0. The van der Waals surface area contributed by atoms with E-state index in [9.17, 15) is 4.79 Å². The predicted molar refractivity (Wildman–Crippen MR) is 56.0 cm³/mol. The minimum atomic E-state index is -0.664. The third-order valence-corrected chi connectivity index (χ3v) is 1.94. The summed E-state index contributed by atoms with van der Waals surface area (Å²) < 4.78 is 9.38. The minimum absolute atomic E-state index is 0.0701. The van der Waals surface area contributed by atoms with Crippen LogP contribution in [-0.4, -0.2) is 12.3 Å². The first-order chi connectivity index (χ1) is 6.70. The van der Waals surface area contributed by atoms with Crippen LogP contribution in [0.1, 0.15) is 46.0 Å². The SMILES string of the molecule is C=COC(=O)OC(C)CCCCCC. The molecule has 0 aromatic rings. The summed E-state index contributed by atoms with van der Waals surface area (Å²) in [6.07, 6.45) is 5.98. The van der Waals surface area contributed by atoms with E-state index < -0.39 is 6.16 Å². The Labute approximate surface area is 86.1 Å². The summed E-state index contributed by atoms with van der Waals surface area (Å²) >= 11 is 0. The molecule has 0 aliphatic heterocycles. The molecule has 1 atom stereocenters. The van der Waals surface area contributed by atoms with Crippen LogP contribution in [0.3, 0.4) is 0 Å². The second-order valence-corrected chi connectivity index (χ2v) is 3.31. The Hall–Kier alpha value is -0.990. The van der Waals surface area contributed by atoms with Crippen LogP contribution < -0.4 is 0 Å². The quantitative estimate of drug-likeness (QED) is 0.357. The summed E-state index contributed by atoms with van der Waals surface area (Å²) in [5.74, 6) is 0. The summed E-state index contributed by atoms with van der Waals surface area (Å²) in [7, 11) is 0. The van der Waals surface area contributed by atoms with E-state index in [1.807, 2.05) is 6.92 Å². The van der Waals surface area contributed by atoms with Gasteiger partial charge in [-0.1, -0.05) is 32.8 Å². The zero-order chi connectivity index (χ0) is 10.8. The molecule has 0 aromatic heterocycles. The molecule has 0 fully saturated rings. The highest BCUT2D eigenvalue weighted by Crippen LogP contribution is 2.08. The number of hydrogen-bond acceptors (Lipinski definition) is 3. The van der Waals surface area contributed by atoms with Crippen molar-refractivity contribution in [2.24, 2.45) is 0 Å². The van der Waals surface area contributed by atoms with E-state index in [0.29, 0.717) is 0 Å². The highest BCUT2D eigenvalue weighted by Gasteiger charge is 2.08. The largest absolute Gasteiger partial charge is 0.513 e. The van der Waals surface area contributed by atoms with Gasteiger partial charge in [-0.25, -0.2) is 4.79 Å². The van der Waals surface area contributed by atoms with Gasteiger partial charge < -0.3 is 9.47 Å². The van der Waals surface area contributed by atoms with Crippen LogP contribution in [0.25, 0.3) is 0 Å². The molecule has 0 N–H and O–H groups in total. The zero-order valence-corrected chi connectivity index (χ0v) is 9.12. The maximum Gasteiger partial charge on any atom is 0.513 e. The lowest BCUT2D eigenvalue weighted by molar-refractivity contribution is 0.0496. The molecule has 0 aliphatic carbocycles. The number of hydrogen-bond donors (Lipinski definition) is 0. The van der Waals surface area contributed by atoms with Crippen molar-refractivity contribution < 1.29 is 14.3 Å². The van der Waals surface area contributed by atoms with Crippen molar-refractivity contribution in [1.82, 2.24) is 0 Å². The first kappa shape index (κ1) is 13.0. The fraction of sp³-hybridized carbons (Fsp3) is 0.727. The number of ether oxygens (including phenoxy) is 2. The summed E-state index contributed by atoms with van der Waals surface area (Å²) in [5.41, 5.74) is 0. The van der Waals surface area contributed by atoms with Gasteiger partial charge in [-0.15, -0.1) is 0 Å². The molecule has 0 amide bonds. The normalized spacial score (nSPS) is 11.9. The Kier molecular flexibility index (Phi) is 7.99. The number of rotatable bonds is 7. The van der Waals surface area contributed by atoms with E-state index in [1.54, 1.807) is 0 Å².